The molecule has 0 aliphatic heterocycles. The molecule has 5 saturated carbocycles. The number of hydrogen-bond donors (Lipinski definition) is 0. The first-order valence-corrected chi connectivity index (χ1v) is 10.2. The van der Waals surface area contributed by atoms with Crippen molar-refractivity contribution in [3.8, 4) is 0 Å². The van der Waals surface area contributed by atoms with Gasteiger partial charge in [-0.15, -0.1) is 0 Å². The summed E-state index contributed by atoms with van der Waals surface area (Å²) in [5.41, 5.74) is 0.340. The quantitative estimate of drug-likeness (QED) is 0.601. The normalized spacial score (nSPS) is 65.0. The highest BCUT2D eigenvalue weighted by Gasteiger charge is 2.85. The third kappa shape index (κ3) is 1.20. The van der Waals surface area contributed by atoms with Crippen molar-refractivity contribution in [1.29, 1.82) is 0 Å². The van der Waals surface area contributed by atoms with Crippen LogP contribution in [0, 0.1) is 63.6 Å². The van der Waals surface area contributed by atoms with E-state index in [1.807, 2.05) is 0 Å². The standard InChI is InChI=1S/C22H34O/c1-11-13(3)17-7-15(11)9-21(17)19(23)22(20(21,5)6)10-16-8-18(22)14(4)12(16)2/h11-18H,7-10H2,1-6H3. The Balaban J connectivity index is 1.57. The van der Waals surface area contributed by atoms with Crippen molar-refractivity contribution in [1.82, 2.24) is 0 Å². The molecule has 5 fully saturated rings. The van der Waals surface area contributed by atoms with Crippen molar-refractivity contribution in [2.45, 2.75) is 67.2 Å². The minimum absolute atomic E-state index is 0.0526. The molecule has 1 nitrogen and oxygen atoms in total. The molecule has 5 rings (SSSR count). The second-order valence-electron chi connectivity index (χ2n) is 10.9. The molecule has 10 unspecified atom stereocenters. The first-order chi connectivity index (χ1) is 10.7. The van der Waals surface area contributed by atoms with Crippen LogP contribution in [0.4, 0.5) is 0 Å². The zero-order chi connectivity index (χ0) is 16.5. The van der Waals surface area contributed by atoms with E-state index in [-0.39, 0.29) is 16.2 Å². The fraction of sp³-hybridized carbons (Fsp3) is 0.955. The smallest absolute Gasteiger partial charge is 0.146 e. The molecule has 1 heteroatoms. The predicted molar refractivity (Wildman–Crippen MR) is 92.7 cm³/mol. The minimum Gasteiger partial charge on any atom is -0.298 e. The average Bonchev–Trinajstić information content (AvgIpc) is 3.23. The van der Waals surface area contributed by atoms with Crippen LogP contribution < -0.4 is 0 Å². The molecule has 0 radical (unpaired) electrons. The molecule has 128 valence electrons. The van der Waals surface area contributed by atoms with Crippen LogP contribution in [0.1, 0.15) is 67.2 Å². The second-order valence-corrected chi connectivity index (χ2v) is 10.9. The lowest BCUT2D eigenvalue weighted by molar-refractivity contribution is -0.233. The highest BCUT2D eigenvalue weighted by Crippen LogP contribution is 2.84. The van der Waals surface area contributed by atoms with Crippen LogP contribution in [0.2, 0.25) is 0 Å². The van der Waals surface area contributed by atoms with Gasteiger partial charge >= 0.3 is 0 Å². The van der Waals surface area contributed by atoms with Crippen LogP contribution in [0.15, 0.2) is 0 Å². The Morgan fingerprint density at radius 2 is 1.13 bits per heavy atom. The molecule has 0 amide bonds. The second kappa shape index (κ2) is 3.91. The number of carbonyl (C=O) groups is 1. The van der Waals surface area contributed by atoms with Gasteiger partial charge < -0.3 is 0 Å². The Labute approximate surface area is 142 Å². The molecular weight excluding hydrogens is 280 g/mol. The number of ketones is 1. The maximum Gasteiger partial charge on any atom is 0.146 e. The number of Topliss-reactive ketones (excluding diaryl/α,β-unsaturated/α-hetero) is 1. The molecule has 0 saturated heterocycles. The van der Waals surface area contributed by atoms with Gasteiger partial charge in [-0.2, -0.15) is 0 Å². The SMILES string of the molecule is CC1C2CC(C1C)C1(C2)C(=O)C2(CC3CC2C(C)C3C)C1(C)C. The van der Waals surface area contributed by atoms with Crippen molar-refractivity contribution >= 4 is 5.78 Å². The van der Waals surface area contributed by atoms with Gasteiger partial charge in [-0.3, -0.25) is 4.79 Å². The van der Waals surface area contributed by atoms with Gasteiger partial charge in [0.1, 0.15) is 5.78 Å². The maximum atomic E-state index is 13.9. The zero-order valence-corrected chi connectivity index (χ0v) is 15.9. The van der Waals surface area contributed by atoms with Crippen LogP contribution in [-0.2, 0) is 4.79 Å². The molecule has 4 bridgehead atoms. The molecule has 0 aromatic rings. The summed E-state index contributed by atoms with van der Waals surface area (Å²) in [7, 11) is 0. The Kier molecular flexibility index (Phi) is 2.54. The fourth-order valence-electron chi connectivity index (χ4n) is 9.33. The van der Waals surface area contributed by atoms with Crippen molar-refractivity contribution < 1.29 is 4.79 Å². The minimum atomic E-state index is 0.0526. The van der Waals surface area contributed by atoms with Gasteiger partial charge in [0.15, 0.2) is 0 Å². The van der Waals surface area contributed by atoms with E-state index < -0.39 is 0 Å². The van der Waals surface area contributed by atoms with E-state index in [2.05, 4.69) is 41.5 Å². The summed E-state index contributed by atoms with van der Waals surface area (Å²) in [5, 5.41) is 0. The number of rotatable bonds is 0. The van der Waals surface area contributed by atoms with Crippen LogP contribution in [0.3, 0.4) is 0 Å². The van der Waals surface area contributed by atoms with Crippen molar-refractivity contribution in [3.05, 3.63) is 0 Å². The average molecular weight is 315 g/mol. The van der Waals surface area contributed by atoms with Gasteiger partial charge in [0.05, 0.1) is 0 Å². The molecular formula is C22H34O. The van der Waals surface area contributed by atoms with Crippen LogP contribution in [0.25, 0.3) is 0 Å². The maximum absolute atomic E-state index is 13.9. The molecule has 0 heterocycles. The lowest BCUT2D eigenvalue weighted by Crippen LogP contribution is -2.76. The van der Waals surface area contributed by atoms with Crippen molar-refractivity contribution in [2.75, 3.05) is 0 Å². The van der Waals surface area contributed by atoms with Crippen molar-refractivity contribution in [2.24, 2.45) is 63.6 Å². The summed E-state index contributed by atoms with van der Waals surface area (Å²) in [6, 6.07) is 0. The molecule has 0 N–H and O–H groups in total. The number of fused-ring (bicyclic) bond motifs is 6. The third-order valence-electron chi connectivity index (χ3n) is 11.0. The van der Waals surface area contributed by atoms with Gasteiger partial charge in [-0.25, -0.2) is 0 Å². The van der Waals surface area contributed by atoms with E-state index in [4.69, 9.17) is 0 Å². The largest absolute Gasteiger partial charge is 0.298 e. The number of hydrogen-bond acceptors (Lipinski definition) is 1. The van der Waals surface area contributed by atoms with E-state index in [0.717, 1.165) is 41.3 Å². The van der Waals surface area contributed by atoms with E-state index >= 15 is 0 Å². The highest BCUT2D eigenvalue weighted by atomic mass is 16.1. The highest BCUT2D eigenvalue weighted by molar-refractivity contribution is 6.00. The van der Waals surface area contributed by atoms with Gasteiger partial charge in [0.2, 0.25) is 0 Å². The lowest BCUT2D eigenvalue weighted by Gasteiger charge is -2.72. The van der Waals surface area contributed by atoms with Gasteiger partial charge in [0, 0.05) is 10.8 Å². The molecule has 0 aromatic carbocycles. The number of carbonyl (C=O) groups excluding carboxylic acids is 1. The molecule has 5 aliphatic carbocycles. The third-order valence-corrected chi connectivity index (χ3v) is 11.0. The molecule has 23 heavy (non-hydrogen) atoms. The molecule has 2 spiro atoms. The van der Waals surface area contributed by atoms with E-state index in [1.54, 1.807) is 0 Å². The summed E-state index contributed by atoms with van der Waals surface area (Å²) in [6.07, 6.45) is 5.12. The Morgan fingerprint density at radius 1 is 0.739 bits per heavy atom. The first-order valence-electron chi connectivity index (χ1n) is 10.2. The van der Waals surface area contributed by atoms with E-state index in [9.17, 15) is 4.79 Å². The van der Waals surface area contributed by atoms with E-state index in [0.29, 0.717) is 11.8 Å². The summed E-state index contributed by atoms with van der Waals surface area (Å²) >= 11 is 0. The lowest BCUT2D eigenvalue weighted by atomic mass is 9.29. The summed E-state index contributed by atoms with van der Waals surface area (Å²) in [6.45, 7) is 14.8. The fourth-order valence-corrected chi connectivity index (χ4v) is 9.33. The van der Waals surface area contributed by atoms with Crippen LogP contribution in [-0.4, -0.2) is 5.78 Å². The first kappa shape index (κ1) is 15.0. The topological polar surface area (TPSA) is 17.1 Å². The summed E-state index contributed by atoms with van der Waals surface area (Å²) < 4.78 is 0. The zero-order valence-electron chi connectivity index (χ0n) is 15.9. The summed E-state index contributed by atoms with van der Waals surface area (Å²) in [5.74, 6) is 6.94. The Bertz CT molecular complexity index is 539. The van der Waals surface area contributed by atoms with Gasteiger partial charge in [-0.1, -0.05) is 41.5 Å². The van der Waals surface area contributed by atoms with Gasteiger partial charge in [-0.05, 0) is 78.4 Å². The van der Waals surface area contributed by atoms with Crippen molar-refractivity contribution in [3.63, 3.8) is 0 Å². The molecule has 5 aliphatic rings. The Morgan fingerprint density at radius 3 is 1.39 bits per heavy atom. The van der Waals surface area contributed by atoms with Crippen LogP contribution in [0.5, 0.6) is 0 Å². The summed E-state index contributed by atoms with van der Waals surface area (Å²) in [4.78, 5) is 13.9. The monoisotopic (exact) mass is 314 g/mol. The molecule has 0 aromatic heterocycles. The Hall–Kier alpha value is -0.330. The van der Waals surface area contributed by atoms with Gasteiger partial charge in [0.25, 0.3) is 0 Å². The van der Waals surface area contributed by atoms with E-state index in [1.165, 1.54) is 25.7 Å². The van der Waals surface area contributed by atoms with Crippen LogP contribution >= 0.6 is 0 Å². The molecule has 10 atom stereocenters. The predicted octanol–water partition coefficient (Wildman–Crippen LogP) is 5.19.